The van der Waals surface area contributed by atoms with Crippen LogP contribution >= 0.6 is 0 Å². The third kappa shape index (κ3) is 3.56. The first-order valence-electron chi connectivity index (χ1n) is 12.1. The van der Waals surface area contributed by atoms with Gasteiger partial charge in [-0.1, -0.05) is 30.3 Å². The van der Waals surface area contributed by atoms with Gasteiger partial charge in [-0.3, -0.25) is 0 Å². The van der Waals surface area contributed by atoms with Crippen LogP contribution in [0.5, 0.6) is 11.5 Å². The van der Waals surface area contributed by atoms with E-state index in [0.717, 1.165) is 63.4 Å². The van der Waals surface area contributed by atoms with E-state index < -0.39 is 0 Å². The van der Waals surface area contributed by atoms with Gasteiger partial charge >= 0.3 is 0 Å². The molecule has 0 bridgehead atoms. The van der Waals surface area contributed by atoms with Gasteiger partial charge in [0.1, 0.15) is 23.7 Å². The quantitative estimate of drug-likeness (QED) is 0.433. The zero-order chi connectivity index (χ0) is 21.7. The largest absolute Gasteiger partial charge is 0.490 e. The highest BCUT2D eigenvalue weighted by Gasteiger charge is 2.26. The molecule has 1 aliphatic carbocycles. The molecule has 4 nitrogen and oxygen atoms in total. The van der Waals surface area contributed by atoms with Crippen molar-refractivity contribution in [1.82, 2.24) is 9.80 Å². The van der Waals surface area contributed by atoms with E-state index in [-0.39, 0.29) is 0 Å². The van der Waals surface area contributed by atoms with Gasteiger partial charge in [0.2, 0.25) is 0 Å². The summed E-state index contributed by atoms with van der Waals surface area (Å²) in [5.41, 5.74) is 5.20. The predicted octanol–water partition coefficient (Wildman–Crippen LogP) is 5.43. The normalized spacial score (nSPS) is 19.9. The summed E-state index contributed by atoms with van der Waals surface area (Å²) in [5, 5.41) is 2.55. The van der Waals surface area contributed by atoms with Crippen molar-refractivity contribution in [3.63, 3.8) is 0 Å². The van der Waals surface area contributed by atoms with Crippen molar-refractivity contribution in [3.8, 4) is 33.8 Å². The Labute approximate surface area is 190 Å². The summed E-state index contributed by atoms with van der Waals surface area (Å²) >= 11 is 0. The molecule has 0 radical (unpaired) electrons. The smallest absolute Gasteiger partial charge is 0.127 e. The van der Waals surface area contributed by atoms with Crippen LogP contribution in [0.15, 0.2) is 48.5 Å². The first kappa shape index (κ1) is 20.1. The Balaban J connectivity index is 1.31. The SMILES string of the molecule is CN1CCC(Oc2ccc3c(c2)-c2ccc(OC4CCN(C)CC4)c4cccc-3c24)CC1. The van der Waals surface area contributed by atoms with Crippen LogP contribution in [-0.4, -0.2) is 62.3 Å². The number of rotatable bonds is 4. The van der Waals surface area contributed by atoms with Crippen molar-refractivity contribution in [2.24, 2.45) is 0 Å². The highest BCUT2D eigenvalue weighted by atomic mass is 16.5. The zero-order valence-electron chi connectivity index (χ0n) is 19.1. The molecule has 2 saturated heterocycles. The number of benzene rings is 3. The first-order chi connectivity index (χ1) is 15.7. The Morgan fingerprint density at radius 2 is 1.28 bits per heavy atom. The summed E-state index contributed by atoms with van der Waals surface area (Å²) in [4.78, 5) is 4.76. The molecule has 6 rings (SSSR count). The second-order valence-corrected chi connectivity index (χ2v) is 9.79. The minimum absolute atomic E-state index is 0.307. The Kier molecular flexibility index (Phi) is 5.08. The van der Waals surface area contributed by atoms with Crippen LogP contribution in [0.4, 0.5) is 0 Å². The van der Waals surface area contributed by atoms with Crippen molar-refractivity contribution < 1.29 is 9.47 Å². The molecular weight excluding hydrogens is 396 g/mol. The summed E-state index contributed by atoms with van der Waals surface area (Å²) in [5.74, 6) is 2.02. The van der Waals surface area contributed by atoms with Crippen LogP contribution < -0.4 is 9.47 Å². The molecule has 3 aliphatic rings. The van der Waals surface area contributed by atoms with E-state index in [9.17, 15) is 0 Å². The molecule has 3 aromatic carbocycles. The molecule has 4 heteroatoms. The van der Waals surface area contributed by atoms with Gasteiger partial charge in [-0.15, -0.1) is 0 Å². The number of hydrogen-bond acceptors (Lipinski definition) is 4. The molecule has 3 aromatic rings. The van der Waals surface area contributed by atoms with Gasteiger partial charge < -0.3 is 19.3 Å². The van der Waals surface area contributed by atoms with Crippen molar-refractivity contribution in [1.29, 1.82) is 0 Å². The Bertz CT molecular complexity index is 1140. The molecule has 0 amide bonds. The summed E-state index contributed by atoms with van der Waals surface area (Å²) in [7, 11) is 4.38. The fourth-order valence-electron chi connectivity index (χ4n) is 5.56. The molecule has 0 spiro atoms. The van der Waals surface area contributed by atoms with E-state index in [2.05, 4.69) is 72.4 Å². The second kappa shape index (κ2) is 8.09. The minimum Gasteiger partial charge on any atom is -0.490 e. The van der Waals surface area contributed by atoms with E-state index in [1.165, 1.54) is 33.0 Å². The van der Waals surface area contributed by atoms with Crippen LogP contribution in [0.2, 0.25) is 0 Å². The van der Waals surface area contributed by atoms with E-state index in [0.29, 0.717) is 12.2 Å². The summed E-state index contributed by atoms with van der Waals surface area (Å²) in [6, 6.07) is 17.7. The number of nitrogens with zero attached hydrogens (tertiary/aromatic N) is 2. The van der Waals surface area contributed by atoms with Crippen molar-refractivity contribution in [2.45, 2.75) is 37.9 Å². The number of likely N-dealkylation sites (tertiary alicyclic amines) is 2. The maximum atomic E-state index is 6.53. The molecule has 166 valence electrons. The lowest BCUT2D eigenvalue weighted by Gasteiger charge is -2.29. The lowest BCUT2D eigenvalue weighted by atomic mass is 10.0. The second-order valence-electron chi connectivity index (χ2n) is 9.79. The van der Waals surface area contributed by atoms with Gasteiger partial charge in [-0.2, -0.15) is 0 Å². The van der Waals surface area contributed by atoms with Gasteiger partial charge in [0, 0.05) is 37.0 Å². The van der Waals surface area contributed by atoms with Crippen LogP contribution in [0.1, 0.15) is 25.7 Å². The average Bonchev–Trinajstić information content (AvgIpc) is 3.13. The van der Waals surface area contributed by atoms with Crippen LogP contribution in [0, 0.1) is 0 Å². The van der Waals surface area contributed by atoms with Crippen molar-refractivity contribution in [2.75, 3.05) is 40.3 Å². The number of hydrogen-bond donors (Lipinski definition) is 0. The van der Waals surface area contributed by atoms with Gasteiger partial charge in [-0.25, -0.2) is 0 Å². The number of ether oxygens (including phenoxy) is 2. The van der Waals surface area contributed by atoms with Gasteiger partial charge in [-0.05, 0) is 80.2 Å². The maximum absolute atomic E-state index is 6.53. The zero-order valence-corrected chi connectivity index (χ0v) is 19.1. The highest BCUT2D eigenvalue weighted by molar-refractivity contribution is 6.16. The van der Waals surface area contributed by atoms with Gasteiger partial charge in [0.15, 0.2) is 0 Å². The standard InChI is InChI=1S/C28H32N2O2/c1-29-14-10-19(11-15-29)31-21-6-7-22-23-4-3-5-25-27(32-20-12-16-30(2)17-13-20)9-8-24(28(23)25)26(22)18-21/h3-9,18-20H,10-17H2,1-2H3. The van der Waals surface area contributed by atoms with Crippen molar-refractivity contribution >= 4 is 10.8 Å². The first-order valence-corrected chi connectivity index (χ1v) is 12.1. The molecule has 2 heterocycles. The predicted molar refractivity (Wildman–Crippen MR) is 131 cm³/mol. The Hall–Kier alpha value is -2.56. The average molecular weight is 429 g/mol. The monoisotopic (exact) mass is 428 g/mol. The third-order valence-electron chi connectivity index (χ3n) is 7.50. The summed E-state index contributed by atoms with van der Waals surface area (Å²) in [6.07, 6.45) is 5.01. The molecule has 0 unspecified atom stereocenters. The van der Waals surface area contributed by atoms with E-state index >= 15 is 0 Å². The molecule has 0 N–H and O–H groups in total. The number of piperidine rings is 2. The molecular formula is C28H32N2O2. The Morgan fingerprint density at radius 3 is 2.00 bits per heavy atom. The maximum Gasteiger partial charge on any atom is 0.127 e. The van der Waals surface area contributed by atoms with Crippen molar-refractivity contribution in [3.05, 3.63) is 48.5 Å². The fourth-order valence-corrected chi connectivity index (χ4v) is 5.56. The van der Waals surface area contributed by atoms with Crippen LogP contribution in [0.25, 0.3) is 33.0 Å². The van der Waals surface area contributed by atoms with E-state index in [1.807, 2.05) is 0 Å². The summed E-state index contributed by atoms with van der Waals surface area (Å²) in [6.45, 7) is 4.44. The molecule has 32 heavy (non-hydrogen) atoms. The fraction of sp³-hybridized carbons (Fsp3) is 0.429. The van der Waals surface area contributed by atoms with Crippen LogP contribution in [0.3, 0.4) is 0 Å². The molecule has 0 aromatic heterocycles. The third-order valence-corrected chi connectivity index (χ3v) is 7.50. The van der Waals surface area contributed by atoms with Crippen LogP contribution in [-0.2, 0) is 0 Å². The lowest BCUT2D eigenvalue weighted by Crippen LogP contribution is -2.35. The lowest BCUT2D eigenvalue weighted by molar-refractivity contribution is 0.114. The summed E-state index contributed by atoms with van der Waals surface area (Å²) < 4.78 is 12.9. The topological polar surface area (TPSA) is 24.9 Å². The highest BCUT2D eigenvalue weighted by Crippen LogP contribution is 2.50. The van der Waals surface area contributed by atoms with E-state index in [4.69, 9.17) is 9.47 Å². The molecule has 2 fully saturated rings. The van der Waals surface area contributed by atoms with Gasteiger partial charge in [0.25, 0.3) is 0 Å². The minimum atomic E-state index is 0.307. The van der Waals surface area contributed by atoms with E-state index in [1.54, 1.807) is 0 Å². The molecule has 0 saturated carbocycles. The number of fused-ring (bicyclic) bond motifs is 3. The van der Waals surface area contributed by atoms with Gasteiger partial charge in [0.05, 0.1) is 0 Å². The molecule has 2 aliphatic heterocycles. The molecule has 0 atom stereocenters. The Morgan fingerprint density at radius 1 is 0.656 bits per heavy atom.